The molecule has 1 aromatic carbocycles. The molecule has 17 heavy (non-hydrogen) atoms. The van der Waals surface area contributed by atoms with Crippen molar-refractivity contribution in [2.24, 2.45) is 0 Å². The minimum absolute atomic E-state index is 0.337. The summed E-state index contributed by atoms with van der Waals surface area (Å²) in [5, 5.41) is 4.01. The van der Waals surface area contributed by atoms with E-state index in [4.69, 9.17) is 55.7 Å². The summed E-state index contributed by atoms with van der Waals surface area (Å²) in [7, 11) is 1.48. The average molecular weight is 335 g/mol. The highest BCUT2D eigenvalue weighted by Crippen LogP contribution is 2.47. The highest BCUT2D eigenvalue weighted by Gasteiger charge is 2.20. The van der Waals surface area contributed by atoms with E-state index in [0.29, 0.717) is 27.4 Å². The second-order valence-electron chi connectivity index (χ2n) is 2.98. The summed E-state index contributed by atoms with van der Waals surface area (Å²) in [5.74, 6) is 0.354. The number of hydrogen-bond donors (Lipinski definition) is 1. The smallest absolute Gasteiger partial charge is 0.312 e. The van der Waals surface area contributed by atoms with Crippen molar-refractivity contribution in [3.05, 3.63) is 27.2 Å². The molecule has 0 radical (unpaired) electrons. The third-order valence-electron chi connectivity index (χ3n) is 1.79. The molecule has 1 rings (SSSR count). The molecule has 1 unspecified atom stereocenters. The van der Waals surface area contributed by atoms with Crippen molar-refractivity contribution in [2.75, 3.05) is 13.7 Å². The number of halogens is 3. The van der Waals surface area contributed by atoms with Gasteiger partial charge in [0, 0.05) is 19.7 Å². The van der Waals surface area contributed by atoms with Crippen molar-refractivity contribution in [1.29, 1.82) is 0 Å². The van der Waals surface area contributed by atoms with Crippen LogP contribution in [0.25, 0.3) is 0 Å². The fourth-order valence-corrected chi connectivity index (χ4v) is 3.35. The fraction of sp³-hybridized carbons (Fsp3) is 0.333. The first-order valence-corrected chi connectivity index (χ1v) is 8.44. The molecular formula is C9H11Cl3NO2PS. The summed E-state index contributed by atoms with van der Waals surface area (Å²) < 4.78 is 10.7. The van der Waals surface area contributed by atoms with E-state index in [1.807, 2.05) is 6.92 Å². The molecule has 0 saturated carbocycles. The van der Waals surface area contributed by atoms with E-state index in [9.17, 15) is 0 Å². The average Bonchev–Trinajstić information content (AvgIpc) is 2.26. The molecule has 1 aromatic rings. The maximum absolute atomic E-state index is 5.98. The van der Waals surface area contributed by atoms with Gasteiger partial charge in [-0.3, -0.25) is 0 Å². The van der Waals surface area contributed by atoms with Gasteiger partial charge in [-0.05, 0) is 17.9 Å². The standard InChI is InChI=1S/C9H11Cl3NO2PS/c1-3-13-16(17,14-2)15-9-5-7(11)6(10)4-8(9)12/h4-5H,3H2,1-2H3,(H,13,17). The van der Waals surface area contributed by atoms with E-state index in [1.54, 1.807) is 0 Å². The van der Waals surface area contributed by atoms with Gasteiger partial charge >= 0.3 is 6.64 Å². The quantitative estimate of drug-likeness (QED) is 0.634. The molecule has 1 atom stereocenters. The van der Waals surface area contributed by atoms with E-state index in [0.717, 1.165) is 0 Å². The lowest BCUT2D eigenvalue weighted by molar-refractivity contribution is 0.381. The van der Waals surface area contributed by atoms with Gasteiger partial charge < -0.3 is 9.05 Å². The molecule has 0 bridgehead atoms. The van der Waals surface area contributed by atoms with Gasteiger partial charge in [-0.2, -0.15) is 0 Å². The molecule has 0 aliphatic heterocycles. The predicted molar refractivity (Wildman–Crippen MR) is 77.1 cm³/mol. The summed E-state index contributed by atoms with van der Waals surface area (Å²) in [5.41, 5.74) is 0. The molecule has 0 heterocycles. The Balaban J connectivity index is 3.02. The van der Waals surface area contributed by atoms with Gasteiger partial charge in [0.15, 0.2) is 0 Å². The summed E-state index contributed by atoms with van der Waals surface area (Å²) >= 11 is 22.9. The van der Waals surface area contributed by atoms with Gasteiger partial charge in [-0.25, -0.2) is 5.09 Å². The van der Waals surface area contributed by atoms with Gasteiger partial charge in [0.1, 0.15) is 5.75 Å². The van der Waals surface area contributed by atoms with E-state index in [2.05, 4.69) is 5.09 Å². The first-order valence-electron chi connectivity index (χ1n) is 4.67. The minimum atomic E-state index is -2.59. The van der Waals surface area contributed by atoms with Gasteiger partial charge in [-0.1, -0.05) is 41.7 Å². The van der Waals surface area contributed by atoms with Crippen LogP contribution < -0.4 is 9.61 Å². The molecular weight excluding hydrogens is 324 g/mol. The monoisotopic (exact) mass is 333 g/mol. The Labute approximate surface area is 121 Å². The van der Waals surface area contributed by atoms with Gasteiger partial charge in [0.2, 0.25) is 0 Å². The Morgan fingerprint density at radius 3 is 2.35 bits per heavy atom. The molecule has 0 aliphatic carbocycles. The normalized spacial score (nSPS) is 14.4. The van der Waals surface area contributed by atoms with E-state index >= 15 is 0 Å². The van der Waals surface area contributed by atoms with Crippen LogP contribution in [-0.4, -0.2) is 13.7 Å². The van der Waals surface area contributed by atoms with Crippen LogP contribution in [0.5, 0.6) is 5.75 Å². The summed E-state index contributed by atoms with van der Waals surface area (Å²) in [6.07, 6.45) is 0. The van der Waals surface area contributed by atoms with Crippen molar-refractivity contribution in [1.82, 2.24) is 5.09 Å². The van der Waals surface area contributed by atoms with Crippen LogP contribution in [-0.2, 0) is 16.3 Å². The maximum atomic E-state index is 5.98. The van der Waals surface area contributed by atoms with Gasteiger partial charge in [0.05, 0.1) is 15.1 Å². The van der Waals surface area contributed by atoms with Crippen molar-refractivity contribution in [3.63, 3.8) is 0 Å². The molecule has 0 fully saturated rings. The van der Waals surface area contributed by atoms with Gasteiger partial charge in [-0.15, -0.1) is 0 Å². The molecule has 96 valence electrons. The van der Waals surface area contributed by atoms with Crippen molar-refractivity contribution in [2.45, 2.75) is 6.92 Å². The molecule has 0 spiro atoms. The lowest BCUT2D eigenvalue weighted by atomic mass is 10.3. The highest BCUT2D eigenvalue weighted by molar-refractivity contribution is 8.09. The molecule has 0 saturated heterocycles. The van der Waals surface area contributed by atoms with Crippen LogP contribution in [0, 0.1) is 0 Å². The van der Waals surface area contributed by atoms with Crippen molar-refractivity contribution in [3.8, 4) is 5.75 Å². The highest BCUT2D eigenvalue weighted by atomic mass is 35.5. The second-order valence-corrected chi connectivity index (χ2v) is 7.50. The Morgan fingerprint density at radius 1 is 1.24 bits per heavy atom. The first kappa shape index (κ1) is 15.5. The van der Waals surface area contributed by atoms with E-state index in [-0.39, 0.29) is 0 Å². The SMILES string of the molecule is CCNP(=S)(OC)Oc1cc(Cl)c(Cl)cc1Cl. The summed E-state index contributed by atoms with van der Waals surface area (Å²) in [4.78, 5) is 0. The molecule has 3 nitrogen and oxygen atoms in total. The molecule has 0 aliphatic rings. The third-order valence-corrected chi connectivity index (χ3v) is 5.48. The largest absolute Gasteiger partial charge is 0.431 e. The van der Waals surface area contributed by atoms with Crippen molar-refractivity contribution < 1.29 is 9.05 Å². The molecule has 1 N–H and O–H groups in total. The molecule has 0 amide bonds. The van der Waals surface area contributed by atoms with Crippen LogP contribution >= 0.6 is 41.4 Å². The van der Waals surface area contributed by atoms with Gasteiger partial charge in [0.25, 0.3) is 0 Å². The Morgan fingerprint density at radius 2 is 1.82 bits per heavy atom. The lowest BCUT2D eigenvalue weighted by Gasteiger charge is -2.21. The summed E-state index contributed by atoms with van der Waals surface area (Å²) in [6, 6.07) is 3.02. The van der Waals surface area contributed by atoms with E-state index < -0.39 is 6.64 Å². The topological polar surface area (TPSA) is 30.5 Å². The predicted octanol–water partition coefficient (Wildman–Crippen LogP) is 4.51. The molecule has 8 heteroatoms. The van der Waals surface area contributed by atoms with Crippen LogP contribution in [0.15, 0.2) is 12.1 Å². The minimum Gasteiger partial charge on any atom is -0.431 e. The number of hydrogen-bond acceptors (Lipinski definition) is 3. The second kappa shape index (κ2) is 6.58. The Bertz CT molecular complexity index is 458. The number of benzene rings is 1. The maximum Gasteiger partial charge on any atom is 0.312 e. The number of rotatable bonds is 5. The number of nitrogens with one attached hydrogen (secondary N) is 1. The zero-order valence-electron chi connectivity index (χ0n) is 9.17. The zero-order valence-corrected chi connectivity index (χ0v) is 13.1. The Kier molecular flexibility index (Phi) is 6.00. The van der Waals surface area contributed by atoms with E-state index in [1.165, 1.54) is 19.2 Å². The third kappa shape index (κ3) is 4.25. The fourth-order valence-electron chi connectivity index (χ4n) is 1.03. The van der Waals surface area contributed by atoms with Crippen LogP contribution in [0.4, 0.5) is 0 Å². The first-order chi connectivity index (χ1) is 7.91. The van der Waals surface area contributed by atoms with Crippen molar-refractivity contribution >= 4 is 53.3 Å². The van der Waals surface area contributed by atoms with Crippen LogP contribution in [0.1, 0.15) is 6.92 Å². The molecule has 0 aromatic heterocycles. The van der Waals surface area contributed by atoms with Crippen LogP contribution in [0.2, 0.25) is 15.1 Å². The Hall–Kier alpha value is 0.460. The lowest BCUT2D eigenvalue weighted by Crippen LogP contribution is -2.14. The zero-order chi connectivity index (χ0) is 13.1. The van der Waals surface area contributed by atoms with Crippen LogP contribution in [0.3, 0.4) is 0 Å². The summed E-state index contributed by atoms with van der Waals surface area (Å²) in [6.45, 7) is -0.0552.